The first-order valence-corrected chi connectivity index (χ1v) is 10.9. The molecule has 0 aliphatic heterocycles. The minimum Gasteiger partial charge on any atom is -0.377 e. The van der Waals surface area contributed by atoms with Crippen molar-refractivity contribution in [3.8, 4) is 0 Å². The van der Waals surface area contributed by atoms with E-state index in [1.807, 2.05) is 6.92 Å². The number of sulfonamides is 1. The van der Waals surface area contributed by atoms with Gasteiger partial charge in [0.2, 0.25) is 15.9 Å². The van der Waals surface area contributed by atoms with E-state index in [0.717, 1.165) is 24.8 Å². The number of amides is 1. The van der Waals surface area contributed by atoms with Crippen LogP contribution >= 0.6 is 0 Å². The number of ether oxygens (including phenoxy) is 1. The minimum atomic E-state index is -3.44. The summed E-state index contributed by atoms with van der Waals surface area (Å²) in [7, 11) is -0.447. The molecule has 1 saturated carbocycles. The molecule has 1 fully saturated rings. The highest BCUT2D eigenvalue weighted by Crippen LogP contribution is 2.26. The van der Waals surface area contributed by atoms with Gasteiger partial charge in [-0.2, -0.15) is 0 Å². The lowest BCUT2D eigenvalue weighted by Crippen LogP contribution is -2.45. The summed E-state index contributed by atoms with van der Waals surface area (Å²) in [5, 5.41) is 2.95. The Kier molecular flexibility index (Phi) is 7.79. The van der Waals surface area contributed by atoms with Gasteiger partial charge in [0.05, 0.1) is 11.0 Å². The van der Waals surface area contributed by atoms with Crippen LogP contribution in [0.5, 0.6) is 0 Å². The molecular weight excluding hydrogens is 366 g/mol. The molecule has 8 heteroatoms. The Morgan fingerprint density at radius 3 is 2.52 bits per heavy atom. The Balaban J connectivity index is 1.90. The molecule has 0 saturated heterocycles. The van der Waals surface area contributed by atoms with Gasteiger partial charge >= 0.3 is 0 Å². The molecule has 0 radical (unpaired) electrons. The Labute approximate surface area is 162 Å². The first-order chi connectivity index (χ1) is 12.8. The highest BCUT2D eigenvalue weighted by molar-refractivity contribution is 7.89. The second-order valence-electron chi connectivity index (χ2n) is 7.23. The number of carbonyl (C=O) groups is 1. The third-order valence-electron chi connectivity index (χ3n) is 4.92. The van der Waals surface area contributed by atoms with Crippen molar-refractivity contribution >= 4 is 15.9 Å². The van der Waals surface area contributed by atoms with Crippen molar-refractivity contribution < 1.29 is 17.9 Å². The average Bonchev–Trinajstić information content (AvgIpc) is 2.65. The molecule has 3 N–H and O–H groups in total. The lowest BCUT2D eigenvalue weighted by Gasteiger charge is -2.33. The fraction of sp³-hybridized carbons (Fsp3) is 0.632. The van der Waals surface area contributed by atoms with Crippen LogP contribution in [0, 0.1) is 5.92 Å². The van der Waals surface area contributed by atoms with E-state index in [4.69, 9.17) is 10.5 Å². The molecule has 1 aromatic carbocycles. The predicted molar refractivity (Wildman–Crippen MR) is 105 cm³/mol. The highest BCUT2D eigenvalue weighted by Gasteiger charge is 2.32. The number of nitrogens with one attached hydrogen (secondary N) is 1. The fourth-order valence-electron chi connectivity index (χ4n) is 3.18. The van der Waals surface area contributed by atoms with Crippen LogP contribution in [0.15, 0.2) is 29.2 Å². The lowest BCUT2D eigenvalue weighted by molar-refractivity contribution is -0.128. The SMILES string of the molecule is CCCO[C@@H]1C[C@@H](C(=O)NCc2ccc(S(=O)(=O)N(C)C)cc2)CC[C@H]1N. The van der Waals surface area contributed by atoms with Crippen LogP contribution in [0.25, 0.3) is 0 Å². The van der Waals surface area contributed by atoms with Crippen LogP contribution in [0.4, 0.5) is 0 Å². The molecule has 1 aliphatic rings. The van der Waals surface area contributed by atoms with Gasteiger partial charge in [-0.15, -0.1) is 0 Å². The van der Waals surface area contributed by atoms with Crippen molar-refractivity contribution in [3.63, 3.8) is 0 Å². The van der Waals surface area contributed by atoms with E-state index >= 15 is 0 Å². The molecular formula is C19H31N3O4S. The van der Waals surface area contributed by atoms with Gasteiger partial charge < -0.3 is 15.8 Å². The molecule has 1 aromatic rings. The van der Waals surface area contributed by atoms with Crippen LogP contribution in [0.3, 0.4) is 0 Å². The van der Waals surface area contributed by atoms with Gasteiger partial charge in [-0.25, -0.2) is 12.7 Å². The summed E-state index contributed by atoms with van der Waals surface area (Å²) < 4.78 is 31.1. The number of rotatable bonds is 8. The van der Waals surface area contributed by atoms with Crippen LogP contribution < -0.4 is 11.1 Å². The maximum Gasteiger partial charge on any atom is 0.242 e. The average molecular weight is 398 g/mol. The molecule has 0 unspecified atom stereocenters. The molecule has 3 atom stereocenters. The van der Waals surface area contributed by atoms with Gasteiger partial charge in [0.25, 0.3) is 0 Å². The molecule has 27 heavy (non-hydrogen) atoms. The Bertz CT molecular complexity index is 719. The Hall–Kier alpha value is -1.48. The maximum atomic E-state index is 12.5. The standard InChI is InChI=1S/C19H31N3O4S/c1-4-11-26-18-12-15(7-10-17(18)20)19(23)21-13-14-5-8-16(9-6-14)27(24,25)22(2)3/h5-6,8-9,15,17-18H,4,7,10-13,20H2,1-3H3,(H,21,23)/t15-,17+,18+/m0/s1. The summed E-state index contributed by atoms with van der Waals surface area (Å²) in [5.41, 5.74) is 6.96. The summed E-state index contributed by atoms with van der Waals surface area (Å²) in [6.45, 7) is 3.08. The van der Waals surface area contributed by atoms with E-state index in [-0.39, 0.29) is 28.9 Å². The first kappa shape index (κ1) is 21.8. The molecule has 2 rings (SSSR count). The number of hydrogen-bond donors (Lipinski definition) is 2. The van der Waals surface area contributed by atoms with E-state index < -0.39 is 10.0 Å². The fourth-order valence-corrected chi connectivity index (χ4v) is 4.08. The smallest absolute Gasteiger partial charge is 0.242 e. The third-order valence-corrected chi connectivity index (χ3v) is 6.75. The first-order valence-electron chi connectivity index (χ1n) is 9.42. The zero-order chi connectivity index (χ0) is 20.0. The van der Waals surface area contributed by atoms with E-state index in [0.29, 0.717) is 19.6 Å². The zero-order valence-corrected chi connectivity index (χ0v) is 17.2. The predicted octanol–water partition coefficient (Wildman–Crippen LogP) is 1.48. The summed E-state index contributed by atoms with van der Waals surface area (Å²) in [6.07, 6.45) is 3.06. The summed E-state index contributed by atoms with van der Waals surface area (Å²) in [4.78, 5) is 12.7. The molecule has 7 nitrogen and oxygen atoms in total. The van der Waals surface area contributed by atoms with Crippen molar-refractivity contribution in [2.45, 2.75) is 56.2 Å². The van der Waals surface area contributed by atoms with E-state index in [1.54, 1.807) is 24.3 Å². The number of hydrogen-bond acceptors (Lipinski definition) is 5. The van der Waals surface area contributed by atoms with Crippen LogP contribution in [-0.4, -0.2) is 51.5 Å². The molecule has 0 aromatic heterocycles. The maximum absolute atomic E-state index is 12.5. The van der Waals surface area contributed by atoms with Crippen molar-refractivity contribution in [2.75, 3.05) is 20.7 Å². The summed E-state index contributed by atoms with van der Waals surface area (Å²) in [5.74, 6) is -0.1000. The van der Waals surface area contributed by atoms with E-state index in [9.17, 15) is 13.2 Å². The Morgan fingerprint density at radius 2 is 1.93 bits per heavy atom. The molecule has 1 aliphatic carbocycles. The third kappa shape index (κ3) is 5.75. The molecule has 0 spiro atoms. The van der Waals surface area contributed by atoms with Crippen LogP contribution in [-0.2, 0) is 26.1 Å². The normalized spacial score (nSPS) is 23.4. The second kappa shape index (κ2) is 9.64. The highest BCUT2D eigenvalue weighted by atomic mass is 32.2. The van der Waals surface area contributed by atoms with E-state index in [1.165, 1.54) is 18.4 Å². The second-order valence-corrected chi connectivity index (χ2v) is 9.38. The number of carbonyl (C=O) groups excluding carboxylic acids is 1. The number of nitrogens with zero attached hydrogens (tertiary/aromatic N) is 1. The van der Waals surface area contributed by atoms with Crippen molar-refractivity contribution in [2.24, 2.45) is 11.7 Å². The Morgan fingerprint density at radius 1 is 1.26 bits per heavy atom. The topological polar surface area (TPSA) is 102 Å². The van der Waals surface area contributed by atoms with Crippen molar-refractivity contribution in [1.29, 1.82) is 0 Å². The number of benzene rings is 1. The van der Waals surface area contributed by atoms with Crippen LogP contribution in [0.2, 0.25) is 0 Å². The lowest BCUT2D eigenvalue weighted by atomic mass is 9.83. The van der Waals surface area contributed by atoms with E-state index in [2.05, 4.69) is 5.32 Å². The molecule has 0 heterocycles. The molecule has 1 amide bonds. The van der Waals surface area contributed by atoms with Gasteiger partial charge in [0.15, 0.2) is 0 Å². The van der Waals surface area contributed by atoms with Crippen molar-refractivity contribution in [1.82, 2.24) is 9.62 Å². The van der Waals surface area contributed by atoms with Crippen LogP contribution in [0.1, 0.15) is 38.2 Å². The summed E-state index contributed by atoms with van der Waals surface area (Å²) in [6, 6.07) is 6.56. The molecule has 0 bridgehead atoms. The number of nitrogens with two attached hydrogens (primary N) is 1. The quantitative estimate of drug-likeness (QED) is 0.692. The van der Waals surface area contributed by atoms with Gasteiger partial charge in [-0.3, -0.25) is 4.79 Å². The monoisotopic (exact) mass is 397 g/mol. The largest absolute Gasteiger partial charge is 0.377 e. The van der Waals surface area contributed by atoms with Gasteiger partial charge in [-0.05, 0) is 43.4 Å². The molecule has 152 valence electrons. The zero-order valence-electron chi connectivity index (χ0n) is 16.3. The summed E-state index contributed by atoms with van der Waals surface area (Å²) >= 11 is 0. The minimum absolute atomic E-state index is 0.00279. The van der Waals surface area contributed by atoms with Gasteiger partial charge in [0, 0.05) is 39.2 Å². The van der Waals surface area contributed by atoms with Gasteiger partial charge in [-0.1, -0.05) is 19.1 Å². The van der Waals surface area contributed by atoms with Crippen molar-refractivity contribution in [3.05, 3.63) is 29.8 Å². The van der Waals surface area contributed by atoms with Gasteiger partial charge in [0.1, 0.15) is 0 Å².